The van der Waals surface area contributed by atoms with E-state index in [9.17, 15) is 4.79 Å². The number of halogens is 1. The van der Waals surface area contributed by atoms with E-state index in [2.05, 4.69) is 32.2 Å². The van der Waals surface area contributed by atoms with E-state index in [4.69, 9.17) is 16.3 Å². The third-order valence-electron chi connectivity index (χ3n) is 3.82. The molecule has 0 unspecified atom stereocenters. The maximum Gasteiger partial charge on any atom is 0.257 e. The Balaban J connectivity index is 1.61. The van der Waals surface area contributed by atoms with Crippen LogP contribution in [0.2, 0.25) is 5.02 Å². The predicted octanol–water partition coefficient (Wildman–Crippen LogP) is 5.07. The molecule has 2 aromatic rings. The lowest BCUT2D eigenvalue weighted by atomic mass is 9.87. The first-order valence-corrected chi connectivity index (χ1v) is 10.2. The molecule has 2 aromatic carbocycles. The Hall–Kier alpha value is -1.65. The Bertz CT molecular complexity index is 711. The average Bonchev–Trinajstić information content (AvgIpc) is 2.59. The first-order valence-electron chi connectivity index (χ1n) is 8.67. The highest BCUT2D eigenvalue weighted by Gasteiger charge is 2.13. The molecule has 0 spiro atoms. The fourth-order valence-electron chi connectivity index (χ4n) is 2.33. The van der Waals surface area contributed by atoms with Crippen LogP contribution in [0.3, 0.4) is 0 Å². The minimum atomic E-state index is -0.103. The molecule has 1 N–H and O–H groups in total. The molecule has 0 aliphatic carbocycles. The van der Waals surface area contributed by atoms with Gasteiger partial charge in [0.15, 0.2) is 6.61 Å². The van der Waals surface area contributed by atoms with Gasteiger partial charge in [-0.2, -0.15) is 11.8 Å². The fraction of sp³-hybridized carbons (Fsp3) is 0.381. The van der Waals surface area contributed by atoms with Crippen molar-refractivity contribution in [2.75, 3.05) is 18.9 Å². The molecule has 0 fully saturated rings. The van der Waals surface area contributed by atoms with Crippen LogP contribution in [0, 0.1) is 0 Å². The summed E-state index contributed by atoms with van der Waals surface area (Å²) in [6, 6.07) is 15.7. The molecule has 0 heterocycles. The molecule has 3 nitrogen and oxygen atoms in total. The first-order chi connectivity index (χ1) is 12.3. The zero-order valence-corrected chi connectivity index (χ0v) is 17.1. The van der Waals surface area contributed by atoms with E-state index in [0.717, 1.165) is 16.5 Å². The number of benzene rings is 2. The van der Waals surface area contributed by atoms with Crippen LogP contribution in [-0.2, 0) is 16.0 Å². The van der Waals surface area contributed by atoms with Crippen molar-refractivity contribution in [3.8, 4) is 5.75 Å². The third-order valence-corrected chi connectivity index (χ3v) is 5.08. The van der Waals surface area contributed by atoms with Crippen LogP contribution in [0.15, 0.2) is 48.5 Å². The van der Waals surface area contributed by atoms with E-state index in [1.165, 1.54) is 11.1 Å². The van der Waals surface area contributed by atoms with E-state index < -0.39 is 0 Å². The monoisotopic (exact) mass is 391 g/mol. The smallest absolute Gasteiger partial charge is 0.257 e. The summed E-state index contributed by atoms with van der Waals surface area (Å²) in [4.78, 5) is 11.9. The predicted molar refractivity (Wildman–Crippen MR) is 111 cm³/mol. The highest BCUT2D eigenvalue weighted by molar-refractivity contribution is 7.98. The van der Waals surface area contributed by atoms with Crippen molar-refractivity contribution >= 4 is 29.3 Å². The molecule has 0 aromatic heterocycles. The van der Waals surface area contributed by atoms with Crippen molar-refractivity contribution < 1.29 is 9.53 Å². The molecule has 0 saturated carbocycles. The van der Waals surface area contributed by atoms with E-state index in [1.807, 2.05) is 42.5 Å². The topological polar surface area (TPSA) is 38.3 Å². The zero-order chi connectivity index (χ0) is 19.0. The second-order valence-corrected chi connectivity index (χ2v) is 8.64. The van der Waals surface area contributed by atoms with Gasteiger partial charge in [0, 0.05) is 23.1 Å². The van der Waals surface area contributed by atoms with Gasteiger partial charge < -0.3 is 10.1 Å². The Morgan fingerprint density at radius 1 is 1.15 bits per heavy atom. The van der Waals surface area contributed by atoms with Crippen LogP contribution in [0.5, 0.6) is 5.75 Å². The number of thioether (sulfide) groups is 1. The van der Waals surface area contributed by atoms with Crippen LogP contribution in [0.25, 0.3) is 0 Å². The molecule has 0 aliphatic heterocycles. The second kappa shape index (κ2) is 9.89. The standard InChI is InChI=1S/C21H26ClNO2S/c1-21(2,3)17-7-9-19(10-8-17)25-14-20(24)23-11-12-26-15-16-5-4-6-18(22)13-16/h4-10,13H,11-12,14-15H2,1-3H3,(H,23,24). The Morgan fingerprint density at radius 3 is 2.54 bits per heavy atom. The first kappa shape index (κ1) is 20.7. The number of ether oxygens (including phenoxy) is 1. The Morgan fingerprint density at radius 2 is 1.88 bits per heavy atom. The normalized spacial score (nSPS) is 11.2. The average molecular weight is 392 g/mol. The van der Waals surface area contributed by atoms with Crippen molar-refractivity contribution in [2.45, 2.75) is 31.9 Å². The number of nitrogens with one attached hydrogen (secondary N) is 1. The summed E-state index contributed by atoms with van der Waals surface area (Å²) in [5.74, 6) is 2.34. The largest absolute Gasteiger partial charge is 0.484 e. The number of rotatable bonds is 8. The summed E-state index contributed by atoms with van der Waals surface area (Å²) < 4.78 is 5.54. The molecular formula is C21H26ClNO2S. The zero-order valence-electron chi connectivity index (χ0n) is 15.5. The van der Waals surface area contributed by atoms with E-state index in [1.54, 1.807) is 11.8 Å². The second-order valence-electron chi connectivity index (χ2n) is 7.10. The molecule has 2 rings (SSSR count). The number of amides is 1. The van der Waals surface area contributed by atoms with Crippen LogP contribution < -0.4 is 10.1 Å². The van der Waals surface area contributed by atoms with Gasteiger partial charge in [0.2, 0.25) is 0 Å². The molecule has 0 aliphatic rings. The molecule has 0 bridgehead atoms. The molecule has 26 heavy (non-hydrogen) atoms. The van der Waals surface area contributed by atoms with Crippen molar-refractivity contribution in [1.29, 1.82) is 0 Å². The van der Waals surface area contributed by atoms with Gasteiger partial charge in [0.1, 0.15) is 5.75 Å². The van der Waals surface area contributed by atoms with Gasteiger partial charge in [-0.15, -0.1) is 0 Å². The third kappa shape index (κ3) is 7.30. The Kier molecular flexibility index (Phi) is 7.85. The maximum atomic E-state index is 11.9. The number of carbonyl (C=O) groups is 1. The van der Waals surface area contributed by atoms with Crippen molar-refractivity contribution in [1.82, 2.24) is 5.32 Å². The quantitative estimate of drug-likeness (QED) is 0.638. The lowest BCUT2D eigenvalue weighted by molar-refractivity contribution is -0.122. The highest BCUT2D eigenvalue weighted by Crippen LogP contribution is 2.24. The van der Waals surface area contributed by atoms with Gasteiger partial charge in [-0.1, -0.05) is 56.6 Å². The van der Waals surface area contributed by atoms with E-state index in [0.29, 0.717) is 12.3 Å². The summed E-state index contributed by atoms with van der Waals surface area (Å²) in [5, 5.41) is 3.63. The minimum absolute atomic E-state index is 0.0355. The van der Waals surface area contributed by atoms with E-state index >= 15 is 0 Å². The molecular weight excluding hydrogens is 366 g/mol. The lowest BCUT2D eigenvalue weighted by Gasteiger charge is -2.19. The van der Waals surface area contributed by atoms with Crippen LogP contribution in [-0.4, -0.2) is 24.8 Å². The Labute approximate surface area is 165 Å². The van der Waals surface area contributed by atoms with Gasteiger partial charge in [-0.25, -0.2) is 0 Å². The SMILES string of the molecule is CC(C)(C)c1ccc(OCC(=O)NCCSCc2cccc(Cl)c2)cc1. The molecule has 0 radical (unpaired) electrons. The molecule has 0 saturated heterocycles. The van der Waals surface area contributed by atoms with Gasteiger partial charge in [-0.3, -0.25) is 4.79 Å². The van der Waals surface area contributed by atoms with Crippen molar-refractivity contribution in [3.63, 3.8) is 0 Å². The van der Waals surface area contributed by atoms with Gasteiger partial charge in [-0.05, 0) is 40.8 Å². The number of hydrogen-bond donors (Lipinski definition) is 1. The lowest BCUT2D eigenvalue weighted by Crippen LogP contribution is -2.30. The van der Waals surface area contributed by atoms with Crippen LogP contribution >= 0.6 is 23.4 Å². The molecule has 140 valence electrons. The number of hydrogen-bond acceptors (Lipinski definition) is 3. The maximum absolute atomic E-state index is 11.9. The van der Waals surface area contributed by atoms with E-state index in [-0.39, 0.29) is 17.9 Å². The van der Waals surface area contributed by atoms with Crippen molar-refractivity contribution in [2.24, 2.45) is 0 Å². The van der Waals surface area contributed by atoms with Gasteiger partial charge in [0.25, 0.3) is 5.91 Å². The van der Waals surface area contributed by atoms with Crippen molar-refractivity contribution in [3.05, 3.63) is 64.7 Å². The van der Waals surface area contributed by atoms with Crippen LogP contribution in [0.1, 0.15) is 31.9 Å². The molecule has 5 heteroatoms. The highest BCUT2D eigenvalue weighted by atomic mass is 35.5. The number of carbonyl (C=O) groups excluding carboxylic acids is 1. The fourth-order valence-corrected chi connectivity index (χ4v) is 3.35. The molecule has 1 amide bonds. The summed E-state index contributed by atoms with van der Waals surface area (Å²) in [6.07, 6.45) is 0. The summed E-state index contributed by atoms with van der Waals surface area (Å²) in [6.45, 7) is 7.16. The summed E-state index contributed by atoms with van der Waals surface area (Å²) in [7, 11) is 0. The van der Waals surface area contributed by atoms with Gasteiger partial charge in [0.05, 0.1) is 0 Å². The van der Waals surface area contributed by atoms with Crippen LogP contribution in [0.4, 0.5) is 0 Å². The summed E-state index contributed by atoms with van der Waals surface area (Å²) >= 11 is 7.72. The summed E-state index contributed by atoms with van der Waals surface area (Å²) in [5.41, 5.74) is 2.54. The minimum Gasteiger partial charge on any atom is -0.484 e. The van der Waals surface area contributed by atoms with Gasteiger partial charge >= 0.3 is 0 Å². The molecule has 0 atom stereocenters.